The summed E-state index contributed by atoms with van der Waals surface area (Å²) in [5.74, 6) is 0.488. The maximum atomic E-state index is 11.7. The van der Waals surface area contributed by atoms with Crippen LogP contribution in [0.3, 0.4) is 0 Å². The predicted octanol–water partition coefficient (Wildman–Crippen LogP) is 1.97. The third-order valence-corrected chi connectivity index (χ3v) is 3.01. The Morgan fingerprint density at radius 1 is 1.33 bits per heavy atom. The minimum Gasteiger partial charge on any atom is -0.349 e. The van der Waals surface area contributed by atoms with E-state index in [1.807, 2.05) is 0 Å². The van der Waals surface area contributed by atoms with Crippen molar-refractivity contribution in [3.8, 4) is 0 Å². The summed E-state index contributed by atoms with van der Waals surface area (Å²) >= 11 is 11.7. The molecule has 0 saturated carbocycles. The van der Waals surface area contributed by atoms with Gasteiger partial charge in [0.25, 0.3) is 0 Å². The highest BCUT2D eigenvalue weighted by Gasteiger charge is 2.06. The maximum Gasteiger partial charge on any atom is 0.224 e. The van der Waals surface area contributed by atoms with Crippen LogP contribution in [-0.4, -0.2) is 21.1 Å². The smallest absolute Gasteiger partial charge is 0.224 e. The first-order valence-corrected chi connectivity index (χ1v) is 5.95. The van der Waals surface area contributed by atoms with Crippen LogP contribution in [0, 0.1) is 0 Å². The topological polar surface area (TPSA) is 70.7 Å². The predicted molar refractivity (Wildman–Crippen MR) is 68.4 cm³/mol. The van der Waals surface area contributed by atoms with Gasteiger partial charge in [0.05, 0.1) is 23.0 Å². The van der Waals surface area contributed by atoms with Gasteiger partial charge in [-0.15, -0.1) is 0 Å². The molecule has 0 radical (unpaired) electrons. The normalized spacial score (nSPS) is 10.3. The molecule has 0 spiro atoms. The quantitative estimate of drug-likeness (QED) is 0.902. The van der Waals surface area contributed by atoms with Crippen molar-refractivity contribution in [3.05, 3.63) is 46.0 Å². The molecule has 0 unspecified atom stereocenters. The summed E-state index contributed by atoms with van der Waals surface area (Å²) in [7, 11) is 0. The average Bonchev–Trinajstić information content (AvgIpc) is 2.84. The van der Waals surface area contributed by atoms with Crippen molar-refractivity contribution in [1.82, 2.24) is 20.5 Å². The van der Waals surface area contributed by atoms with E-state index < -0.39 is 0 Å². The lowest BCUT2D eigenvalue weighted by Gasteiger charge is -2.04. The summed E-state index contributed by atoms with van der Waals surface area (Å²) in [4.78, 5) is 15.6. The fourth-order valence-corrected chi connectivity index (χ4v) is 1.72. The van der Waals surface area contributed by atoms with E-state index >= 15 is 0 Å². The lowest BCUT2D eigenvalue weighted by Crippen LogP contribution is -2.25. The molecule has 2 aromatic rings. The van der Waals surface area contributed by atoms with Crippen LogP contribution in [0.1, 0.15) is 11.4 Å². The van der Waals surface area contributed by atoms with Crippen molar-refractivity contribution in [1.29, 1.82) is 0 Å². The van der Waals surface area contributed by atoms with Gasteiger partial charge in [-0.25, -0.2) is 4.98 Å². The summed E-state index contributed by atoms with van der Waals surface area (Å²) < 4.78 is 0. The van der Waals surface area contributed by atoms with Crippen LogP contribution >= 0.6 is 23.2 Å². The standard InChI is InChI=1S/C11H10Cl2N4O/c12-8-2-1-7(3-9(8)13)4-11(18)14-5-10-15-6-16-17-10/h1-3,6H,4-5H2,(H,14,18)(H,15,16,17). The van der Waals surface area contributed by atoms with E-state index in [2.05, 4.69) is 20.5 Å². The Morgan fingerprint density at radius 2 is 2.17 bits per heavy atom. The van der Waals surface area contributed by atoms with Crippen LogP contribution in [0.2, 0.25) is 10.0 Å². The van der Waals surface area contributed by atoms with Gasteiger partial charge < -0.3 is 5.32 Å². The Hall–Kier alpha value is -1.59. The molecule has 18 heavy (non-hydrogen) atoms. The van der Waals surface area contributed by atoms with Gasteiger partial charge in [-0.1, -0.05) is 29.3 Å². The van der Waals surface area contributed by atoms with Crippen LogP contribution < -0.4 is 5.32 Å². The number of nitrogens with zero attached hydrogens (tertiary/aromatic N) is 2. The highest BCUT2D eigenvalue weighted by atomic mass is 35.5. The average molecular weight is 285 g/mol. The molecule has 0 atom stereocenters. The van der Waals surface area contributed by atoms with Gasteiger partial charge in [0.15, 0.2) is 0 Å². The van der Waals surface area contributed by atoms with Crippen LogP contribution in [0.5, 0.6) is 0 Å². The van der Waals surface area contributed by atoms with Gasteiger partial charge in [0.2, 0.25) is 5.91 Å². The molecule has 2 rings (SSSR count). The number of benzene rings is 1. The van der Waals surface area contributed by atoms with E-state index in [9.17, 15) is 4.79 Å². The molecule has 1 aromatic heterocycles. The Morgan fingerprint density at radius 3 is 2.83 bits per heavy atom. The second-order valence-corrected chi connectivity index (χ2v) is 4.45. The van der Waals surface area contributed by atoms with Gasteiger partial charge >= 0.3 is 0 Å². The number of amides is 1. The summed E-state index contributed by atoms with van der Waals surface area (Å²) in [5, 5.41) is 9.98. The van der Waals surface area contributed by atoms with Crippen molar-refractivity contribution < 1.29 is 4.79 Å². The number of hydrogen-bond acceptors (Lipinski definition) is 3. The van der Waals surface area contributed by atoms with Gasteiger partial charge in [-0.2, -0.15) is 5.10 Å². The third kappa shape index (κ3) is 3.45. The van der Waals surface area contributed by atoms with Crippen LogP contribution in [-0.2, 0) is 17.8 Å². The van der Waals surface area contributed by atoms with Gasteiger partial charge in [-0.05, 0) is 17.7 Å². The van der Waals surface area contributed by atoms with E-state index in [1.165, 1.54) is 6.33 Å². The molecular formula is C11H10Cl2N4O. The largest absolute Gasteiger partial charge is 0.349 e. The van der Waals surface area contributed by atoms with Crippen molar-refractivity contribution in [2.45, 2.75) is 13.0 Å². The lowest BCUT2D eigenvalue weighted by atomic mass is 10.1. The second kappa shape index (κ2) is 5.84. The number of aromatic amines is 1. The van der Waals surface area contributed by atoms with Crippen molar-refractivity contribution in [3.63, 3.8) is 0 Å². The van der Waals surface area contributed by atoms with Crippen molar-refractivity contribution >= 4 is 29.1 Å². The highest BCUT2D eigenvalue weighted by molar-refractivity contribution is 6.42. The maximum absolute atomic E-state index is 11.7. The summed E-state index contributed by atoms with van der Waals surface area (Å²) in [6, 6.07) is 5.11. The molecule has 1 aromatic carbocycles. The van der Waals surface area contributed by atoms with Gasteiger partial charge in [0.1, 0.15) is 12.2 Å². The molecule has 0 aliphatic carbocycles. The number of H-pyrrole nitrogens is 1. The number of hydrogen-bond donors (Lipinski definition) is 2. The molecule has 7 heteroatoms. The second-order valence-electron chi connectivity index (χ2n) is 3.63. The third-order valence-electron chi connectivity index (χ3n) is 2.27. The van der Waals surface area contributed by atoms with Crippen LogP contribution in [0.25, 0.3) is 0 Å². The van der Waals surface area contributed by atoms with E-state index in [4.69, 9.17) is 23.2 Å². The molecule has 1 heterocycles. The van der Waals surface area contributed by atoms with Crippen LogP contribution in [0.4, 0.5) is 0 Å². The Labute approximate surface area is 114 Å². The molecule has 0 aliphatic rings. The fourth-order valence-electron chi connectivity index (χ4n) is 1.40. The number of halogens is 2. The van der Waals surface area contributed by atoms with E-state index in [0.29, 0.717) is 22.4 Å². The van der Waals surface area contributed by atoms with Crippen molar-refractivity contribution in [2.24, 2.45) is 0 Å². The zero-order valence-electron chi connectivity index (χ0n) is 9.28. The molecule has 0 saturated heterocycles. The molecular weight excluding hydrogens is 275 g/mol. The molecule has 0 bridgehead atoms. The number of carbonyl (C=O) groups excluding carboxylic acids is 1. The SMILES string of the molecule is O=C(Cc1ccc(Cl)c(Cl)c1)NCc1ncn[nH]1. The Kier molecular flexibility index (Phi) is 4.17. The molecule has 5 nitrogen and oxygen atoms in total. The summed E-state index contributed by atoms with van der Waals surface area (Å²) in [6.07, 6.45) is 1.63. The summed E-state index contributed by atoms with van der Waals surface area (Å²) in [5.41, 5.74) is 0.805. The lowest BCUT2D eigenvalue weighted by molar-refractivity contribution is -0.120. The monoisotopic (exact) mass is 284 g/mol. The highest BCUT2D eigenvalue weighted by Crippen LogP contribution is 2.22. The van der Waals surface area contributed by atoms with Gasteiger partial charge in [0, 0.05) is 0 Å². The molecule has 0 fully saturated rings. The molecule has 0 aliphatic heterocycles. The minimum absolute atomic E-state index is 0.121. The number of carbonyl (C=O) groups is 1. The molecule has 1 amide bonds. The molecule has 2 N–H and O–H groups in total. The first kappa shape index (κ1) is 12.9. The Balaban J connectivity index is 1.88. The van der Waals surface area contributed by atoms with E-state index in [1.54, 1.807) is 18.2 Å². The van der Waals surface area contributed by atoms with E-state index in [0.717, 1.165) is 5.56 Å². The van der Waals surface area contributed by atoms with Crippen molar-refractivity contribution in [2.75, 3.05) is 0 Å². The minimum atomic E-state index is -0.121. The summed E-state index contributed by atoms with van der Waals surface area (Å²) in [6.45, 7) is 0.320. The first-order chi connectivity index (χ1) is 8.65. The number of rotatable bonds is 4. The molecule has 94 valence electrons. The zero-order chi connectivity index (χ0) is 13.0. The van der Waals surface area contributed by atoms with Gasteiger partial charge in [-0.3, -0.25) is 9.89 Å². The van der Waals surface area contributed by atoms with Crippen LogP contribution in [0.15, 0.2) is 24.5 Å². The Bertz CT molecular complexity index is 542. The fraction of sp³-hybridized carbons (Fsp3) is 0.182. The number of aromatic nitrogens is 3. The number of nitrogens with one attached hydrogen (secondary N) is 2. The zero-order valence-corrected chi connectivity index (χ0v) is 10.8. The first-order valence-electron chi connectivity index (χ1n) is 5.20. The van der Waals surface area contributed by atoms with E-state index in [-0.39, 0.29) is 12.3 Å².